The standard InChI is InChI=1S/C24H20N2O5/c1-16-22(17-6-4-3-5-7-17)23(27)25(19-12-14-21(30-2)15-13-19)24(31-16)18-8-10-20(11-9-18)26(28)29/h3-15,24H,1-2H3/t24-/m1/s1. The molecule has 0 aliphatic carbocycles. The van der Waals surface area contributed by atoms with Gasteiger partial charge in [0.05, 0.1) is 17.6 Å². The molecule has 7 heteroatoms. The van der Waals surface area contributed by atoms with Gasteiger partial charge in [-0.05, 0) is 48.9 Å². The molecule has 1 heterocycles. The molecule has 156 valence electrons. The average Bonchev–Trinajstić information content (AvgIpc) is 2.79. The van der Waals surface area contributed by atoms with Crippen molar-refractivity contribution in [2.45, 2.75) is 13.2 Å². The van der Waals surface area contributed by atoms with E-state index in [4.69, 9.17) is 9.47 Å². The molecule has 0 saturated heterocycles. The van der Waals surface area contributed by atoms with Crippen LogP contribution in [0.2, 0.25) is 0 Å². The summed E-state index contributed by atoms with van der Waals surface area (Å²) >= 11 is 0. The highest BCUT2D eigenvalue weighted by atomic mass is 16.6. The lowest BCUT2D eigenvalue weighted by Crippen LogP contribution is -2.40. The highest BCUT2D eigenvalue weighted by Crippen LogP contribution is 2.40. The Labute approximate surface area is 179 Å². The van der Waals surface area contributed by atoms with Crippen LogP contribution in [0.3, 0.4) is 0 Å². The molecular weight excluding hydrogens is 396 g/mol. The third-order valence-corrected chi connectivity index (χ3v) is 5.11. The lowest BCUT2D eigenvalue weighted by molar-refractivity contribution is -0.384. The number of nitro benzene ring substituents is 1. The maximum absolute atomic E-state index is 13.7. The van der Waals surface area contributed by atoms with Gasteiger partial charge in [0.1, 0.15) is 11.5 Å². The number of hydrogen-bond acceptors (Lipinski definition) is 5. The van der Waals surface area contributed by atoms with Gasteiger partial charge < -0.3 is 9.47 Å². The Morgan fingerprint density at radius 1 is 0.968 bits per heavy atom. The molecule has 1 aliphatic rings. The Bertz CT molecular complexity index is 1140. The highest BCUT2D eigenvalue weighted by Gasteiger charge is 2.37. The number of hydrogen-bond donors (Lipinski definition) is 0. The lowest BCUT2D eigenvalue weighted by atomic mass is 10.00. The number of anilines is 1. The van der Waals surface area contributed by atoms with Gasteiger partial charge >= 0.3 is 0 Å². The number of methoxy groups -OCH3 is 1. The van der Waals surface area contributed by atoms with Gasteiger partial charge in [-0.1, -0.05) is 30.3 Å². The molecule has 1 aliphatic heterocycles. The first-order chi connectivity index (χ1) is 15.0. The van der Waals surface area contributed by atoms with Crippen molar-refractivity contribution >= 4 is 22.9 Å². The minimum atomic E-state index is -0.769. The summed E-state index contributed by atoms with van der Waals surface area (Å²) in [5.41, 5.74) is 2.44. The van der Waals surface area contributed by atoms with Crippen LogP contribution in [0.5, 0.6) is 5.75 Å². The third-order valence-electron chi connectivity index (χ3n) is 5.11. The van der Waals surface area contributed by atoms with Crippen LogP contribution in [0.1, 0.15) is 24.3 Å². The normalized spacial score (nSPS) is 16.1. The summed E-state index contributed by atoms with van der Waals surface area (Å²) < 4.78 is 11.4. The predicted molar refractivity (Wildman–Crippen MR) is 116 cm³/mol. The Morgan fingerprint density at radius 2 is 1.61 bits per heavy atom. The molecular formula is C24H20N2O5. The van der Waals surface area contributed by atoms with E-state index in [2.05, 4.69) is 0 Å². The molecule has 7 nitrogen and oxygen atoms in total. The number of nitrogens with zero attached hydrogens (tertiary/aromatic N) is 2. The molecule has 0 unspecified atom stereocenters. The van der Waals surface area contributed by atoms with E-state index in [1.165, 1.54) is 12.1 Å². The molecule has 0 radical (unpaired) electrons. The van der Waals surface area contributed by atoms with Crippen LogP contribution in [0.15, 0.2) is 84.6 Å². The Morgan fingerprint density at radius 3 is 2.19 bits per heavy atom. The van der Waals surface area contributed by atoms with E-state index in [0.717, 1.165) is 5.56 Å². The fraction of sp³-hybridized carbons (Fsp3) is 0.125. The van der Waals surface area contributed by atoms with Crippen molar-refractivity contribution in [3.8, 4) is 5.75 Å². The van der Waals surface area contributed by atoms with Crippen molar-refractivity contribution < 1.29 is 19.2 Å². The van der Waals surface area contributed by atoms with E-state index >= 15 is 0 Å². The van der Waals surface area contributed by atoms with Crippen LogP contribution in [0.4, 0.5) is 11.4 Å². The first-order valence-corrected chi connectivity index (χ1v) is 9.64. The molecule has 0 bridgehead atoms. The highest BCUT2D eigenvalue weighted by molar-refractivity contribution is 6.27. The first-order valence-electron chi connectivity index (χ1n) is 9.64. The number of amides is 1. The zero-order chi connectivity index (χ0) is 22.0. The van der Waals surface area contributed by atoms with Gasteiger partial charge in [0, 0.05) is 23.4 Å². The minimum absolute atomic E-state index is 0.0286. The Hall–Kier alpha value is -4.13. The van der Waals surface area contributed by atoms with E-state index in [9.17, 15) is 14.9 Å². The van der Waals surface area contributed by atoms with Gasteiger partial charge in [-0.25, -0.2) is 0 Å². The summed E-state index contributed by atoms with van der Waals surface area (Å²) in [7, 11) is 1.57. The smallest absolute Gasteiger partial charge is 0.269 e. The van der Waals surface area contributed by atoms with Gasteiger partial charge in [-0.15, -0.1) is 0 Å². The number of ether oxygens (including phenoxy) is 2. The van der Waals surface area contributed by atoms with E-state index in [-0.39, 0.29) is 11.6 Å². The molecule has 0 saturated carbocycles. The summed E-state index contributed by atoms with van der Waals surface area (Å²) in [4.78, 5) is 25.8. The van der Waals surface area contributed by atoms with Crippen molar-refractivity contribution in [3.63, 3.8) is 0 Å². The third kappa shape index (κ3) is 3.85. The van der Waals surface area contributed by atoms with E-state index in [1.54, 1.807) is 55.3 Å². The zero-order valence-electron chi connectivity index (χ0n) is 17.0. The second-order valence-corrected chi connectivity index (χ2v) is 6.99. The molecule has 0 spiro atoms. The molecule has 0 fully saturated rings. The first kappa shape index (κ1) is 20.2. The van der Waals surface area contributed by atoms with Crippen molar-refractivity contribution in [2.24, 2.45) is 0 Å². The molecule has 3 aromatic rings. The molecule has 4 rings (SSSR count). The van der Waals surface area contributed by atoms with Gasteiger partial charge in [-0.3, -0.25) is 19.8 Å². The number of nitro groups is 1. The summed E-state index contributed by atoms with van der Waals surface area (Å²) in [6.07, 6.45) is -0.769. The Balaban J connectivity index is 1.82. The minimum Gasteiger partial charge on any atom is -0.497 e. The lowest BCUT2D eigenvalue weighted by Gasteiger charge is -2.37. The number of rotatable bonds is 5. The predicted octanol–water partition coefficient (Wildman–Crippen LogP) is 5.10. The van der Waals surface area contributed by atoms with E-state index in [1.807, 2.05) is 30.3 Å². The van der Waals surface area contributed by atoms with Crippen LogP contribution >= 0.6 is 0 Å². The fourth-order valence-corrected chi connectivity index (χ4v) is 3.56. The summed E-state index contributed by atoms with van der Waals surface area (Å²) in [5.74, 6) is 0.934. The number of allylic oxidation sites excluding steroid dienone is 1. The van der Waals surface area contributed by atoms with Crippen molar-refractivity contribution in [2.75, 3.05) is 12.0 Å². The molecule has 31 heavy (non-hydrogen) atoms. The Kier molecular flexibility index (Phi) is 5.41. The maximum Gasteiger partial charge on any atom is 0.269 e. The second-order valence-electron chi connectivity index (χ2n) is 6.99. The molecule has 1 atom stereocenters. The van der Waals surface area contributed by atoms with Crippen molar-refractivity contribution in [1.82, 2.24) is 0 Å². The molecule has 1 amide bonds. The van der Waals surface area contributed by atoms with Gasteiger partial charge in [0.25, 0.3) is 11.6 Å². The molecule has 0 aromatic heterocycles. The molecule has 0 N–H and O–H groups in total. The van der Waals surface area contributed by atoms with E-state index in [0.29, 0.717) is 28.3 Å². The maximum atomic E-state index is 13.7. The van der Waals surface area contributed by atoms with Gasteiger partial charge in [-0.2, -0.15) is 0 Å². The average molecular weight is 416 g/mol. The molecule has 3 aromatic carbocycles. The topological polar surface area (TPSA) is 81.9 Å². The fourth-order valence-electron chi connectivity index (χ4n) is 3.56. The summed E-state index contributed by atoms with van der Waals surface area (Å²) in [5, 5.41) is 11.0. The van der Waals surface area contributed by atoms with E-state index < -0.39 is 11.2 Å². The quantitative estimate of drug-likeness (QED) is 0.427. The van der Waals surface area contributed by atoms with Gasteiger partial charge in [0.15, 0.2) is 0 Å². The SMILES string of the molecule is COc1ccc(N2C(=O)C(c3ccccc3)=C(C)O[C@@H]2c2ccc([N+](=O)[O-])cc2)cc1. The summed E-state index contributed by atoms with van der Waals surface area (Å²) in [6, 6.07) is 22.4. The monoisotopic (exact) mass is 416 g/mol. The number of carbonyl (C=O) groups is 1. The number of non-ortho nitro benzene ring substituents is 1. The van der Waals surface area contributed by atoms with Gasteiger partial charge in [0.2, 0.25) is 6.23 Å². The van der Waals surface area contributed by atoms with Crippen LogP contribution < -0.4 is 9.64 Å². The zero-order valence-corrected chi connectivity index (χ0v) is 17.0. The number of carbonyl (C=O) groups excluding carboxylic acids is 1. The van der Waals surface area contributed by atoms with Crippen LogP contribution in [-0.2, 0) is 9.53 Å². The second kappa shape index (κ2) is 8.31. The van der Waals surface area contributed by atoms with Crippen LogP contribution in [-0.4, -0.2) is 17.9 Å². The summed E-state index contributed by atoms with van der Waals surface area (Å²) in [6.45, 7) is 1.75. The number of benzene rings is 3. The van der Waals surface area contributed by atoms with Crippen molar-refractivity contribution in [1.29, 1.82) is 0 Å². The van der Waals surface area contributed by atoms with Crippen molar-refractivity contribution in [3.05, 3.63) is 106 Å². The largest absolute Gasteiger partial charge is 0.497 e. The van der Waals surface area contributed by atoms with Crippen LogP contribution in [0.25, 0.3) is 5.57 Å². The van der Waals surface area contributed by atoms with Crippen LogP contribution in [0, 0.1) is 10.1 Å².